The summed E-state index contributed by atoms with van der Waals surface area (Å²) >= 11 is 0. The first kappa shape index (κ1) is 19.2. The van der Waals surface area contributed by atoms with Crippen LogP contribution in [0.15, 0.2) is 0 Å². The van der Waals surface area contributed by atoms with E-state index in [0.29, 0.717) is 53.0 Å². The molecule has 0 heterocycles. The topological polar surface area (TPSA) is 96.9 Å². The first-order chi connectivity index (χ1) is 9.85. The van der Waals surface area contributed by atoms with Crippen molar-refractivity contribution in [3.05, 3.63) is 0 Å². The van der Waals surface area contributed by atoms with Crippen molar-refractivity contribution in [2.75, 3.05) is 53.0 Å². The highest BCUT2D eigenvalue weighted by Gasteiger charge is 2.06. The van der Waals surface area contributed by atoms with Crippen molar-refractivity contribution < 1.29 is 18.9 Å². The molecule has 0 aliphatic heterocycles. The number of hydrogen-bond donors (Lipinski definition) is 4. The molecule has 1 unspecified atom stereocenters. The van der Waals surface area contributed by atoms with Crippen molar-refractivity contribution in [2.45, 2.75) is 20.2 Å². The van der Waals surface area contributed by atoms with Gasteiger partial charge in [-0.15, -0.1) is 0 Å². The summed E-state index contributed by atoms with van der Waals surface area (Å²) in [6.45, 7) is 8.39. The van der Waals surface area contributed by atoms with Crippen LogP contribution in [0.4, 0.5) is 0 Å². The predicted octanol–water partition coefficient (Wildman–Crippen LogP) is -0.333. The van der Waals surface area contributed by atoms with Crippen LogP contribution in [0.3, 0.4) is 0 Å². The molecule has 1 atom stereocenters. The molecule has 0 saturated carbocycles. The van der Waals surface area contributed by atoms with Crippen LogP contribution < -0.4 is 16.0 Å². The summed E-state index contributed by atoms with van der Waals surface area (Å²) in [4.78, 5) is 0. The van der Waals surface area contributed by atoms with E-state index in [2.05, 4.69) is 16.0 Å². The highest BCUT2D eigenvalue weighted by Crippen LogP contribution is 1.84. The molecule has 120 valence electrons. The zero-order valence-corrected chi connectivity index (χ0v) is 12.4. The van der Waals surface area contributed by atoms with Gasteiger partial charge in [0, 0.05) is 26.3 Å². The second-order valence-corrected chi connectivity index (χ2v) is 3.67. The van der Waals surface area contributed by atoms with Gasteiger partial charge in [-0.3, -0.25) is 21.4 Å². The van der Waals surface area contributed by atoms with E-state index < -0.39 is 0 Å². The van der Waals surface area contributed by atoms with Gasteiger partial charge in [-0.2, -0.15) is 0 Å². The maximum atomic E-state index is 6.75. The summed E-state index contributed by atoms with van der Waals surface area (Å²) in [6.07, 6.45) is 0.604. The van der Waals surface area contributed by atoms with Gasteiger partial charge in [0.1, 0.15) is 6.61 Å². The minimum Gasteiger partial charge on any atom is -0.482 e. The van der Waals surface area contributed by atoms with E-state index in [-0.39, 0.29) is 6.35 Å². The lowest BCUT2D eigenvalue weighted by molar-refractivity contribution is -0.0227. The quantitative estimate of drug-likeness (QED) is 0.134. The average Bonchev–Trinajstić information content (AvgIpc) is 2.46. The summed E-state index contributed by atoms with van der Waals surface area (Å²) in [5.41, 5.74) is 0. The van der Waals surface area contributed by atoms with Gasteiger partial charge in [0.25, 0.3) is 0 Å². The van der Waals surface area contributed by atoms with Crippen molar-refractivity contribution in [3.63, 3.8) is 0 Å². The van der Waals surface area contributed by atoms with Crippen LogP contribution in [0.2, 0.25) is 0 Å². The molecule has 8 heteroatoms. The molecular formula is C12H28N4O4. The van der Waals surface area contributed by atoms with Crippen LogP contribution in [-0.2, 0) is 18.9 Å². The highest BCUT2D eigenvalue weighted by molar-refractivity contribution is 5.40. The Kier molecular flexibility index (Phi) is 15.7. The zero-order chi connectivity index (χ0) is 14.9. The van der Waals surface area contributed by atoms with Crippen molar-refractivity contribution in [1.82, 2.24) is 16.0 Å². The van der Waals surface area contributed by atoms with Crippen molar-refractivity contribution in [3.8, 4) is 0 Å². The van der Waals surface area contributed by atoms with E-state index in [1.807, 2.05) is 13.8 Å². The number of rotatable bonds is 16. The average molecular weight is 292 g/mol. The van der Waals surface area contributed by atoms with Gasteiger partial charge in [-0.1, -0.05) is 0 Å². The van der Waals surface area contributed by atoms with E-state index >= 15 is 0 Å². The fraction of sp³-hybridized carbons (Fsp3) is 0.917. The molecule has 0 aromatic heterocycles. The molecule has 0 rings (SSSR count). The third kappa shape index (κ3) is 13.7. The molecule has 0 amide bonds. The maximum Gasteiger partial charge on any atom is 0.166 e. The Balaban J connectivity index is 3.65. The summed E-state index contributed by atoms with van der Waals surface area (Å²) < 4.78 is 20.8. The van der Waals surface area contributed by atoms with Gasteiger partial charge < -0.3 is 18.9 Å². The minimum absolute atomic E-state index is 0.315. The number of hydrogen-bond acceptors (Lipinski definition) is 8. The molecule has 0 saturated heterocycles. The molecule has 8 nitrogen and oxygen atoms in total. The maximum absolute atomic E-state index is 6.75. The van der Waals surface area contributed by atoms with Gasteiger partial charge in [-0.05, 0) is 13.8 Å². The molecule has 20 heavy (non-hydrogen) atoms. The summed E-state index contributed by atoms with van der Waals surface area (Å²) in [7, 11) is 0. The normalized spacial score (nSPS) is 12.3. The highest BCUT2D eigenvalue weighted by atomic mass is 16.5. The predicted molar refractivity (Wildman–Crippen MR) is 76.6 cm³/mol. The van der Waals surface area contributed by atoms with Crippen LogP contribution in [-0.4, -0.2) is 65.7 Å². The van der Waals surface area contributed by atoms with Gasteiger partial charge in [0.05, 0.1) is 20.1 Å². The molecule has 0 spiro atoms. The minimum atomic E-state index is -0.315. The fourth-order valence-electron chi connectivity index (χ4n) is 1.23. The molecule has 0 aliphatic carbocycles. The fourth-order valence-corrected chi connectivity index (χ4v) is 1.23. The Morgan fingerprint density at radius 2 is 1.75 bits per heavy atom. The molecule has 0 aromatic carbocycles. The molecule has 0 radical (unpaired) electrons. The lowest BCUT2D eigenvalue weighted by Crippen LogP contribution is -2.47. The molecule has 0 fully saturated rings. The number of nitrogens with one attached hydrogen (secondary N) is 4. The van der Waals surface area contributed by atoms with Crippen molar-refractivity contribution in [1.29, 1.82) is 5.41 Å². The van der Waals surface area contributed by atoms with Gasteiger partial charge >= 0.3 is 0 Å². The van der Waals surface area contributed by atoms with E-state index in [0.717, 1.165) is 6.40 Å². The van der Waals surface area contributed by atoms with E-state index in [4.69, 9.17) is 24.4 Å². The van der Waals surface area contributed by atoms with Gasteiger partial charge in [0.2, 0.25) is 0 Å². The second-order valence-electron chi connectivity index (χ2n) is 3.67. The Morgan fingerprint density at radius 1 is 1.00 bits per heavy atom. The molecular weight excluding hydrogens is 264 g/mol. The molecule has 0 aromatic rings. The summed E-state index contributed by atoms with van der Waals surface area (Å²) in [5, 5.41) is 16.0. The molecule has 0 aliphatic rings. The third-order valence-electron chi connectivity index (χ3n) is 2.18. The molecule has 4 N–H and O–H groups in total. The van der Waals surface area contributed by atoms with Crippen LogP contribution in [0.5, 0.6) is 0 Å². The van der Waals surface area contributed by atoms with E-state index in [9.17, 15) is 0 Å². The van der Waals surface area contributed by atoms with Crippen molar-refractivity contribution in [2.24, 2.45) is 0 Å². The van der Waals surface area contributed by atoms with Crippen LogP contribution in [0, 0.1) is 5.41 Å². The first-order valence-electron chi connectivity index (χ1n) is 6.90. The zero-order valence-electron chi connectivity index (χ0n) is 12.4. The van der Waals surface area contributed by atoms with Crippen LogP contribution in [0.1, 0.15) is 13.8 Å². The standard InChI is InChI=1S/C12H28N4O4/c1-3-17-10-14-5-8-20-12(16-11-18-4-2)15-6-7-19-9-13/h9,12-16H,3-8,10-11H2,1-2H3. The summed E-state index contributed by atoms with van der Waals surface area (Å²) in [6, 6.07) is 0. The van der Waals surface area contributed by atoms with Crippen LogP contribution >= 0.6 is 0 Å². The lowest BCUT2D eigenvalue weighted by Gasteiger charge is -2.20. The van der Waals surface area contributed by atoms with E-state index in [1.165, 1.54) is 0 Å². The summed E-state index contributed by atoms with van der Waals surface area (Å²) in [5.74, 6) is 0. The van der Waals surface area contributed by atoms with Gasteiger partial charge in [0.15, 0.2) is 12.8 Å². The smallest absolute Gasteiger partial charge is 0.166 e. The molecule has 0 bridgehead atoms. The third-order valence-corrected chi connectivity index (χ3v) is 2.18. The van der Waals surface area contributed by atoms with Crippen molar-refractivity contribution >= 4 is 6.40 Å². The Morgan fingerprint density at radius 3 is 2.45 bits per heavy atom. The van der Waals surface area contributed by atoms with Crippen LogP contribution in [0.25, 0.3) is 0 Å². The first-order valence-corrected chi connectivity index (χ1v) is 6.90. The lowest BCUT2D eigenvalue weighted by atomic mass is 10.6. The Hall–Kier alpha value is -0.770. The second kappa shape index (κ2) is 16.3. The largest absolute Gasteiger partial charge is 0.482 e. The monoisotopic (exact) mass is 292 g/mol. The Bertz CT molecular complexity index is 210. The van der Waals surface area contributed by atoms with E-state index in [1.54, 1.807) is 0 Å². The SMILES string of the molecule is CCOCNCCOC(NCCOC=N)NCOCC. The number of ether oxygens (including phenoxy) is 4. The Labute approximate surface area is 121 Å². The van der Waals surface area contributed by atoms with Gasteiger partial charge in [-0.25, -0.2) is 0 Å².